The second kappa shape index (κ2) is 8.14. The third-order valence-corrected chi connectivity index (χ3v) is 3.39. The molecule has 0 aliphatic heterocycles. The second-order valence-electron chi connectivity index (χ2n) is 5.18. The highest BCUT2D eigenvalue weighted by Crippen LogP contribution is 2.29. The van der Waals surface area contributed by atoms with Gasteiger partial charge in [0.25, 0.3) is 0 Å². The minimum atomic E-state index is -0.124. The van der Waals surface area contributed by atoms with E-state index < -0.39 is 0 Å². The first-order chi connectivity index (χ1) is 9.99. The molecule has 0 amide bonds. The van der Waals surface area contributed by atoms with Crippen molar-refractivity contribution in [2.75, 3.05) is 0 Å². The average molecular weight is 302 g/mol. The van der Waals surface area contributed by atoms with E-state index in [0.717, 1.165) is 17.9 Å². The molecule has 0 heterocycles. The summed E-state index contributed by atoms with van der Waals surface area (Å²) in [5, 5.41) is 0. The molecule has 2 heteroatoms. The molecule has 0 atom stereocenters. The lowest BCUT2D eigenvalue weighted by Crippen LogP contribution is -2.06. The predicted octanol–water partition coefficient (Wildman–Crippen LogP) is 6.23. The summed E-state index contributed by atoms with van der Waals surface area (Å²) in [5.41, 5.74) is 2.50. The minimum absolute atomic E-state index is 0.124. The molecular formula is C19H26OS. The monoisotopic (exact) mass is 302 g/mol. The minimum Gasteiger partial charge on any atom is -0.457 e. The van der Waals surface area contributed by atoms with Crippen molar-refractivity contribution in [2.24, 2.45) is 0 Å². The van der Waals surface area contributed by atoms with Crippen molar-refractivity contribution in [1.82, 2.24) is 0 Å². The first-order valence-electron chi connectivity index (χ1n) is 7.59. The largest absolute Gasteiger partial charge is 0.457 e. The van der Waals surface area contributed by atoms with Gasteiger partial charge in [-0.2, -0.15) is 12.6 Å². The molecular weight excluding hydrogens is 276 g/mol. The van der Waals surface area contributed by atoms with Gasteiger partial charge < -0.3 is 4.74 Å². The molecule has 2 aromatic rings. The summed E-state index contributed by atoms with van der Waals surface area (Å²) in [6.07, 6.45) is 1.05. The fourth-order valence-corrected chi connectivity index (χ4v) is 2.01. The van der Waals surface area contributed by atoms with Crippen LogP contribution in [0.4, 0.5) is 0 Å². The van der Waals surface area contributed by atoms with Crippen LogP contribution in [0.3, 0.4) is 0 Å². The molecule has 0 spiro atoms. The van der Waals surface area contributed by atoms with Crippen LogP contribution in [0.15, 0.2) is 48.5 Å². The van der Waals surface area contributed by atoms with E-state index >= 15 is 0 Å². The number of aryl methyl sites for hydroxylation is 1. The van der Waals surface area contributed by atoms with Crippen LogP contribution in [-0.4, -0.2) is 0 Å². The molecule has 0 fully saturated rings. The number of hydrogen-bond donors (Lipinski definition) is 1. The van der Waals surface area contributed by atoms with Crippen molar-refractivity contribution in [2.45, 2.75) is 45.8 Å². The van der Waals surface area contributed by atoms with E-state index in [1.165, 1.54) is 11.1 Å². The molecule has 2 aromatic carbocycles. The fraction of sp³-hybridized carbons (Fsp3) is 0.368. The van der Waals surface area contributed by atoms with Gasteiger partial charge in [-0.25, -0.2) is 0 Å². The molecule has 0 aliphatic carbocycles. The van der Waals surface area contributed by atoms with Crippen LogP contribution in [-0.2, 0) is 11.2 Å². The Morgan fingerprint density at radius 3 is 1.67 bits per heavy atom. The van der Waals surface area contributed by atoms with Gasteiger partial charge in [-0.1, -0.05) is 45.0 Å². The molecule has 0 N–H and O–H groups in total. The van der Waals surface area contributed by atoms with Crippen LogP contribution in [0.25, 0.3) is 0 Å². The van der Waals surface area contributed by atoms with Crippen LogP contribution >= 0.6 is 12.6 Å². The van der Waals surface area contributed by atoms with Crippen LogP contribution in [0.5, 0.6) is 11.5 Å². The van der Waals surface area contributed by atoms with Gasteiger partial charge in [0.05, 0.1) is 0 Å². The molecule has 0 radical (unpaired) electrons. The smallest absolute Gasteiger partial charge is 0.127 e. The SMILES string of the molecule is CC.CCc1ccc(Oc2ccc(C(C)(C)S)cc2)cc1. The Balaban J connectivity index is 0.00000106. The van der Waals surface area contributed by atoms with E-state index in [2.05, 4.69) is 57.7 Å². The Labute approximate surface area is 134 Å². The summed E-state index contributed by atoms with van der Waals surface area (Å²) in [6, 6.07) is 16.3. The van der Waals surface area contributed by atoms with Gasteiger partial charge in [0, 0.05) is 4.75 Å². The molecule has 114 valence electrons. The Morgan fingerprint density at radius 2 is 1.29 bits per heavy atom. The summed E-state index contributed by atoms with van der Waals surface area (Å²) < 4.78 is 5.70. The lowest BCUT2D eigenvalue weighted by molar-refractivity contribution is 0.482. The summed E-state index contributed by atoms with van der Waals surface area (Å²) in [7, 11) is 0. The molecule has 0 saturated heterocycles. The topological polar surface area (TPSA) is 9.23 Å². The molecule has 2 rings (SSSR count). The lowest BCUT2D eigenvalue weighted by atomic mass is 10.0. The van der Waals surface area contributed by atoms with Crippen molar-refractivity contribution in [1.29, 1.82) is 0 Å². The van der Waals surface area contributed by atoms with Crippen LogP contribution in [0.1, 0.15) is 45.7 Å². The number of ether oxygens (including phenoxy) is 1. The van der Waals surface area contributed by atoms with E-state index in [4.69, 9.17) is 4.74 Å². The lowest BCUT2D eigenvalue weighted by Gasteiger charge is -2.18. The van der Waals surface area contributed by atoms with Crippen molar-refractivity contribution < 1.29 is 4.74 Å². The van der Waals surface area contributed by atoms with Crippen LogP contribution < -0.4 is 4.74 Å². The fourth-order valence-electron chi connectivity index (χ4n) is 1.86. The van der Waals surface area contributed by atoms with E-state index in [1.54, 1.807) is 0 Å². The third-order valence-electron chi connectivity index (χ3n) is 3.13. The van der Waals surface area contributed by atoms with Crippen LogP contribution in [0, 0.1) is 0 Å². The quantitative estimate of drug-likeness (QED) is 0.658. The van der Waals surface area contributed by atoms with Gasteiger partial charge >= 0.3 is 0 Å². The van der Waals surface area contributed by atoms with Crippen molar-refractivity contribution in [3.05, 3.63) is 59.7 Å². The Hall–Kier alpha value is -1.41. The van der Waals surface area contributed by atoms with Crippen molar-refractivity contribution >= 4 is 12.6 Å². The van der Waals surface area contributed by atoms with E-state index in [-0.39, 0.29) is 4.75 Å². The Kier molecular flexibility index (Phi) is 6.83. The molecule has 0 unspecified atom stereocenters. The number of benzene rings is 2. The van der Waals surface area contributed by atoms with Crippen molar-refractivity contribution in [3.63, 3.8) is 0 Å². The maximum atomic E-state index is 5.82. The molecule has 0 aliphatic rings. The number of hydrogen-bond acceptors (Lipinski definition) is 2. The van der Waals surface area contributed by atoms with Crippen LogP contribution in [0.2, 0.25) is 0 Å². The number of rotatable bonds is 4. The van der Waals surface area contributed by atoms with Gasteiger partial charge in [-0.3, -0.25) is 0 Å². The second-order valence-corrected chi connectivity index (χ2v) is 6.30. The summed E-state index contributed by atoms with van der Waals surface area (Å²) in [4.78, 5) is 0. The van der Waals surface area contributed by atoms with Gasteiger partial charge in [-0.05, 0) is 55.7 Å². The molecule has 0 aromatic heterocycles. The normalized spacial score (nSPS) is 10.6. The molecule has 21 heavy (non-hydrogen) atoms. The third kappa shape index (κ3) is 5.47. The highest BCUT2D eigenvalue weighted by Gasteiger charge is 2.14. The Bertz CT molecular complexity index is 521. The zero-order valence-electron chi connectivity index (χ0n) is 13.7. The summed E-state index contributed by atoms with van der Waals surface area (Å²) in [6.45, 7) is 10.3. The molecule has 1 nitrogen and oxygen atoms in total. The van der Waals surface area contributed by atoms with Gasteiger partial charge in [-0.15, -0.1) is 0 Å². The zero-order valence-corrected chi connectivity index (χ0v) is 14.6. The average Bonchev–Trinajstić information content (AvgIpc) is 2.50. The summed E-state index contributed by atoms with van der Waals surface area (Å²) in [5.74, 6) is 1.72. The number of thiol groups is 1. The zero-order chi connectivity index (χ0) is 15.9. The van der Waals surface area contributed by atoms with E-state index in [9.17, 15) is 0 Å². The highest BCUT2D eigenvalue weighted by atomic mass is 32.1. The maximum absolute atomic E-state index is 5.82. The first kappa shape index (κ1) is 17.6. The van der Waals surface area contributed by atoms with Gasteiger partial charge in [0.1, 0.15) is 11.5 Å². The van der Waals surface area contributed by atoms with Crippen molar-refractivity contribution in [3.8, 4) is 11.5 Å². The Morgan fingerprint density at radius 1 is 0.857 bits per heavy atom. The van der Waals surface area contributed by atoms with Gasteiger partial charge in [0.15, 0.2) is 0 Å². The molecule has 0 saturated carbocycles. The van der Waals surface area contributed by atoms with Gasteiger partial charge in [0.2, 0.25) is 0 Å². The standard InChI is InChI=1S/C17H20OS.C2H6/c1-4-13-5-9-15(10-6-13)18-16-11-7-14(8-12-16)17(2,3)19;1-2/h5-12,19H,4H2,1-3H3;1-2H3. The van der Waals surface area contributed by atoms with E-state index in [0.29, 0.717) is 0 Å². The first-order valence-corrected chi connectivity index (χ1v) is 8.03. The van der Waals surface area contributed by atoms with E-state index in [1.807, 2.05) is 38.1 Å². The maximum Gasteiger partial charge on any atom is 0.127 e. The molecule has 0 bridgehead atoms. The highest BCUT2D eigenvalue weighted by molar-refractivity contribution is 7.81. The predicted molar refractivity (Wildman–Crippen MR) is 95.7 cm³/mol. The summed E-state index contributed by atoms with van der Waals surface area (Å²) >= 11 is 4.56.